The van der Waals surface area contributed by atoms with Crippen LogP contribution >= 0.6 is 12.2 Å². The number of benzene rings is 1. The second-order valence-corrected chi connectivity index (χ2v) is 6.02. The van der Waals surface area contributed by atoms with Crippen molar-refractivity contribution in [1.82, 2.24) is 4.98 Å². The van der Waals surface area contributed by atoms with E-state index in [0.717, 1.165) is 16.6 Å². The van der Waals surface area contributed by atoms with E-state index in [1.165, 1.54) is 0 Å². The van der Waals surface area contributed by atoms with Gasteiger partial charge in [-0.3, -0.25) is 9.78 Å². The number of nitrogens with two attached hydrogens (primary N) is 2. The van der Waals surface area contributed by atoms with Gasteiger partial charge in [-0.25, -0.2) is 0 Å². The lowest BCUT2D eigenvalue weighted by Gasteiger charge is -2.28. The van der Waals surface area contributed by atoms with Crippen molar-refractivity contribution in [2.24, 2.45) is 11.5 Å². The molecule has 1 aromatic carbocycles. The summed E-state index contributed by atoms with van der Waals surface area (Å²) in [6, 6.07) is 7.67. The highest BCUT2D eigenvalue weighted by Crippen LogP contribution is 2.29. The Labute approximate surface area is 128 Å². The average molecular weight is 302 g/mol. The first kappa shape index (κ1) is 15.2. The Morgan fingerprint density at radius 3 is 2.62 bits per heavy atom. The Morgan fingerprint density at radius 1 is 1.33 bits per heavy atom. The van der Waals surface area contributed by atoms with Gasteiger partial charge in [-0.05, 0) is 19.9 Å². The number of hydrogen-bond acceptors (Lipinski definition) is 4. The molecule has 0 aliphatic rings. The molecular formula is C15H18N4OS. The number of carbonyl (C=O) groups excluding carboxylic acids is 1. The summed E-state index contributed by atoms with van der Waals surface area (Å²) in [5.74, 6) is -0.372. The first-order chi connectivity index (χ1) is 9.80. The van der Waals surface area contributed by atoms with Crippen molar-refractivity contribution in [2.45, 2.75) is 25.8 Å². The molecule has 2 aromatic rings. The topological polar surface area (TPSA) is 94.0 Å². The number of amides is 1. The maximum absolute atomic E-state index is 11.2. The van der Waals surface area contributed by atoms with Gasteiger partial charge < -0.3 is 16.8 Å². The second kappa shape index (κ2) is 5.65. The van der Waals surface area contributed by atoms with E-state index in [1.54, 1.807) is 6.20 Å². The van der Waals surface area contributed by atoms with Crippen molar-refractivity contribution >= 4 is 39.7 Å². The molecule has 0 unspecified atom stereocenters. The second-order valence-electron chi connectivity index (χ2n) is 5.58. The number of pyridine rings is 1. The third kappa shape index (κ3) is 3.46. The van der Waals surface area contributed by atoms with E-state index in [0.29, 0.717) is 5.56 Å². The molecule has 0 spiro atoms. The van der Waals surface area contributed by atoms with E-state index in [9.17, 15) is 4.79 Å². The minimum Gasteiger partial charge on any atom is -0.389 e. The fourth-order valence-electron chi connectivity index (χ4n) is 2.28. The smallest absolute Gasteiger partial charge is 0.219 e. The van der Waals surface area contributed by atoms with Crippen molar-refractivity contribution < 1.29 is 4.79 Å². The predicted octanol–water partition coefficient (Wildman–Crippen LogP) is 1.93. The molecule has 2 rings (SSSR count). The monoisotopic (exact) mass is 302 g/mol. The number of nitrogens with one attached hydrogen (secondary N) is 1. The minimum absolute atomic E-state index is 0.195. The van der Waals surface area contributed by atoms with E-state index >= 15 is 0 Å². The average Bonchev–Trinajstić information content (AvgIpc) is 2.36. The number of nitrogens with zero attached hydrogens (tertiary/aromatic N) is 1. The van der Waals surface area contributed by atoms with Gasteiger partial charge in [-0.2, -0.15) is 0 Å². The molecule has 0 fully saturated rings. The summed E-state index contributed by atoms with van der Waals surface area (Å²) in [5.41, 5.74) is 12.8. The number of aromatic nitrogens is 1. The summed E-state index contributed by atoms with van der Waals surface area (Å²) in [7, 11) is 0. The molecular weight excluding hydrogens is 284 g/mol. The van der Waals surface area contributed by atoms with Crippen molar-refractivity contribution in [1.29, 1.82) is 0 Å². The van der Waals surface area contributed by atoms with Crippen LogP contribution in [0.2, 0.25) is 0 Å². The van der Waals surface area contributed by atoms with Gasteiger partial charge in [0, 0.05) is 23.5 Å². The zero-order valence-corrected chi connectivity index (χ0v) is 12.8. The molecule has 0 saturated carbocycles. The van der Waals surface area contributed by atoms with Gasteiger partial charge in [0.05, 0.1) is 16.8 Å². The Kier molecular flexibility index (Phi) is 4.09. The molecule has 0 aliphatic carbocycles. The zero-order valence-electron chi connectivity index (χ0n) is 12.0. The summed E-state index contributed by atoms with van der Waals surface area (Å²) in [4.78, 5) is 15.8. The molecule has 6 heteroatoms. The van der Waals surface area contributed by atoms with Crippen LogP contribution in [0.4, 0.5) is 5.69 Å². The Balaban J connectivity index is 2.56. The third-order valence-corrected chi connectivity index (χ3v) is 3.34. The molecule has 0 aliphatic heterocycles. The molecule has 0 bridgehead atoms. The van der Waals surface area contributed by atoms with Gasteiger partial charge in [0.15, 0.2) is 0 Å². The van der Waals surface area contributed by atoms with E-state index in [4.69, 9.17) is 23.7 Å². The van der Waals surface area contributed by atoms with Crippen molar-refractivity contribution in [3.05, 3.63) is 36.0 Å². The number of carbonyl (C=O) groups is 1. The predicted molar refractivity (Wildman–Crippen MR) is 89.1 cm³/mol. The quantitative estimate of drug-likeness (QED) is 0.734. The highest BCUT2D eigenvalue weighted by Gasteiger charge is 2.23. The first-order valence-corrected chi connectivity index (χ1v) is 6.95. The molecule has 21 heavy (non-hydrogen) atoms. The van der Waals surface area contributed by atoms with Crippen molar-refractivity contribution in [3.8, 4) is 0 Å². The van der Waals surface area contributed by atoms with Crippen LogP contribution in [-0.2, 0) is 4.79 Å². The number of hydrogen-bond donors (Lipinski definition) is 3. The maximum Gasteiger partial charge on any atom is 0.219 e. The molecule has 0 atom stereocenters. The summed E-state index contributed by atoms with van der Waals surface area (Å²) in [5, 5.41) is 4.24. The SMILES string of the molecule is CC(C)(CC(N)=O)Nc1c(C(N)=S)cnc2ccccc12. The van der Waals surface area contributed by atoms with Crippen LogP contribution in [0.25, 0.3) is 10.9 Å². The summed E-state index contributed by atoms with van der Waals surface area (Å²) < 4.78 is 0. The molecule has 110 valence electrons. The maximum atomic E-state index is 11.2. The van der Waals surface area contributed by atoms with Gasteiger partial charge in [-0.15, -0.1) is 0 Å². The van der Waals surface area contributed by atoms with Gasteiger partial charge in [0.1, 0.15) is 4.99 Å². The Bertz CT molecular complexity index is 712. The van der Waals surface area contributed by atoms with Crippen LogP contribution in [0.5, 0.6) is 0 Å². The Hall–Kier alpha value is -2.21. The van der Waals surface area contributed by atoms with Gasteiger partial charge in [0.2, 0.25) is 5.91 Å². The normalized spacial score (nSPS) is 11.3. The highest BCUT2D eigenvalue weighted by molar-refractivity contribution is 7.80. The molecule has 0 radical (unpaired) electrons. The summed E-state index contributed by atoms with van der Waals surface area (Å²) >= 11 is 5.10. The standard InChI is InChI=1S/C15H18N4OS/c1-15(2,7-12(16)20)19-13-9-5-3-4-6-11(9)18-8-10(13)14(17)21/h3-6,8H,7H2,1-2H3,(H2,16,20)(H2,17,21)(H,18,19). The fourth-order valence-corrected chi connectivity index (χ4v) is 2.44. The highest BCUT2D eigenvalue weighted by atomic mass is 32.1. The molecule has 5 nitrogen and oxygen atoms in total. The van der Waals surface area contributed by atoms with Gasteiger partial charge in [0.25, 0.3) is 0 Å². The Morgan fingerprint density at radius 2 is 2.00 bits per heavy atom. The van der Waals surface area contributed by atoms with Crippen LogP contribution in [0.15, 0.2) is 30.5 Å². The molecule has 1 amide bonds. The first-order valence-electron chi connectivity index (χ1n) is 6.54. The van der Waals surface area contributed by atoms with Crippen LogP contribution in [-0.4, -0.2) is 21.4 Å². The van der Waals surface area contributed by atoms with Gasteiger partial charge >= 0.3 is 0 Å². The van der Waals surface area contributed by atoms with Crippen LogP contribution < -0.4 is 16.8 Å². The van der Waals surface area contributed by atoms with E-state index < -0.39 is 5.54 Å². The number of thiocarbonyl (C=S) groups is 1. The lowest BCUT2D eigenvalue weighted by atomic mass is 9.98. The molecule has 5 N–H and O–H groups in total. The van der Waals surface area contributed by atoms with E-state index in [-0.39, 0.29) is 17.3 Å². The van der Waals surface area contributed by atoms with Crippen molar-refractivity contribution in [3.63, 3.8) is 0 Å². The number of fused-ring (bicyclic) bond motifs is 1. The number of primary amides is 1. The zero-order chi connectivity index (χ0) is 15.6. The van der Waals surface area contributed by atoms with Crippen molar-refractivity contribution in [2.75, 3.05) is 5.32 Å². The minimum atomic E-state index is -0.518. The largest absolute Gasteiger partial charge is 0.389 e. The summed E-state index contributed by atoms with van der Waals surface area (Å²) in [6.07, 6.45) is 1.84. The lowest BCUT2D eigenvalue weighted by Crippen LogP contribution is -2.36. The molecule has 1 aromatic heterocycles. The molecule has 0 saturated heterocycles. The fraction of sp³-hybridized carbons (Fsp3) is 0.267. The van der Waals surface area contributed by atoms with Crippen LogP contribution in [0, 0.1) is 0 Å². The van der Waals surface area contributed by atoms with E-state index in [2.05, 4.69) is 10.3 Å². The van der Waals surface area contributed by atoms with Gasteiger partial charge in [-0.1, -0.05) is 30.4 Å². The number of para-hydroxylation sites is 1. The number of rotatable bonds is 5. The third-order valence-electron chi connectivity index (χ3n) is 3.12. The number of anilines is 1. The molecule has 1 heterocycles. The van der Waals surface area contributed by atoms with Crippen LogP contribution in [0.1, 0.15) is 25.8 Å². The lowest BCUT2D eigenvalue weighted by molar-refractivity contribution is -0.118. The summed E-state index contributed by atoms with van der Waals surface area (Å²) in [6.45, 7) is 3.80. The van der Waals surface area contributed by atoms with E-state index in [1.807, 2.05) is 38.1 Å². The van der Waals surface area contributed by atoms with Crippen LogP contribution in [0.3, 0.4) is 0 Å².